The van der Waals surface area contributed by atoms with Gasteiger partial charge in [0.1, 0.15) is 17.0 Å². The minimum absolute atomic E-state index is 0.0682. The van der Waals surface area contributed by atoms with Crippen LogP contribution in [-0.4, -0.2) is 51.8 Å². The molecule has 1 aliphatic rings. The topological polar surface area (TPSA) is 67.4 Å². The monoisotopic (exact) mass is 357 g/mol. The van der Waals surface area contributed by atoms with Crippen molar-refractivity contribution in [2.24, 2.45) is 7.05 Å². The van der Waals surface area contributed by atoms with E-state index in [1.807, 2.05) is 11.9 Å². The Balaban J connectivity index is 1.42. The second-order valence-corrected chi connectivity index (χ2v) is 6.62. The number of fused-ring (bicyclic) bond motifs is 1. The molecule has 3 aromatic rings. The maximum atomic E-state index is 13.3. The largest absolute Gasteiger partial charge is 0.423 e. The van der Waals surface area contributed by atoms with Crippen molar-refractivity contribution in [3.8, 4) is 0 Å². The number of anilines is 1. The summed E-state index contributed by atoms with van der Waals surface area (Å²) in [6.45, 7) is 1.44. The number of aromatic nitrogens is 3. The molecule has 2 aromatic heterocycles. The molecule has 3 heterocycles. The van der Waals surface area contributed by atoms with Crippen molar-refractivity contribution in [3.05, 3.63) is 42.0 Å². The van der Waals surface area contributed by atoms with Gasteiger partial charge in [0.2, 0.25) is 0 Å². The molecule has 0 N–H and O–H groups in total. The summed E-state index contributed by atoms with van der Waals surface area (Å²) < 4.78 is 20.6. The Morgan fingerprint density at radius 3 is 2.77 bits per heavy atom. The van der Waals surface area contributed by atoms with Gasteiger partial charge in [-0.1, -0.05) is 0 Å². The highest BCUT2D eigenvalue weighted by Crippen LogP contribution is 2.26. The van der Waals surface area contributed by atoms with E-state index in [2.05, 4.69) is 10.1 Å². The third-order valence-corrected chi connectivity index (χ3v) is 4.87. The SMILES string of the molecule is CN(C(=O)c1ccn(C)n1)C1CCN(c2nc3ccc(F)cc3o2)CC1. The molecule has 0 atom stereocenters. The number of amides is 1. The molecule has 0 radical (unpaired) electrons. The first kappa shape index (κ1) is 16.6. The van der Waals surface area contributed by atoms with Crippen LogP contribution in [0.25, 0.3) is 11.1 Å². The molecule has 0 unspecified atom stereocenters. The molecular formula is C18H20FN5O2. The Bertz CT molecular complexity index is 942. The van der Waals surface area contributed by atoms with Gasteiger partial charge in [0.05, 0.1) is 0 Å². The summed E-state index contributed by atoms with van der Waals surface area (Å²) in [6.07, 6.45) is 3.38. The second-order valence-electron chi connectivity index (χ2n) is 6.62. The molecule has 0 saturated carbocycles. The summed E-state index contributed by atoms with van der Waals surface area (Å²) in [5.41, 5.74) is 1.55. The normalized spacial score (nSPS) is 15.6. The average molecular weight is 357 g/mol. The summed E-state index contributed by atoms with van der Waals surface area (Å²) >= 11 is 0. The minimum atomic E-state index is -0.339. The highest BCUT2D eigenvalue weighted by atomic mass is 19.1. The van der Waals surface area contributed by atoms with Crippen molar-refractivity contribution in [1.82, 2.24) is 19.7 Å². The highest BCUT2D eigenvalue weighted by Gasteiger charge is 2.28. The molecule has 0 spiro atoms. The molecule has 1 saturated heterocycles. The van der Waals surface area contributed by atoms with Crippen LogP contribution < -0.4 is 4.90 Å². The molecule has 136 valence electrons. The lowest BCUT2D eigenvalue weighted by Gasteiger charge is -2.35. The number of oxazole rings is 1. The molecular weight excluding hydrogens is 337 g/mol. The highest BCUT2D eigenvalue weighted by molar-refractivity contribution is 5.92. The number of hydrogen-bond acceptors (Lipinski definition) is 5. The van der Waals surface area contributed by atoms with E-state index >= 15 is 0 Å². The standard InChI is InChI=1S/C18H20FN5O2/c1-22-8-7-15(21-22)17(25)23(2)13-5-9-24(10-6-13)18-20-14-4-3-12(19)11-16(14)26-18/h3-4,7-8,11,13H,5-6,9-10H2,1-2H3. The number of nitrogens with zero attached hydrogens (tertiary/aromatic N) is 5. The first-order chi connectivity index (χ1) is 12.5. The van der Waals surface area contributed by atoms with E-state index < -0.39 is 0 Å². The molecule has 1 fully saturated rings. The van der Waals surface area contributed by atoms with Crippen LogP contribution in [0.1, 0.15) is 23.3 Å². The molecule has 8 heteroatoms. The van der Waals surface area contributed by atoms with Crippen molar-refractivity contribution < 1.29 is 13.6 Å². The number of piperidine rings is 1. The van der Waals surface area contributed by atoms with E-state index in [1.165, 1.54) is 12.1 Å². The lowest BCUT2D eigenvalue weighted by Crippen LogP contribution is -2.45. The Hall–Kier alpha value is -2.90. The first-order valence-corrected chi connectivity index (χ1v) is 8.59. The van der Waals surface area contributed by atoms with Gasteiger partial charge in [-0.05, 0) is 31.0 Å². The second kappa shape index (κ2) is 6.44. The van der Waals surface area contributed by atoms with Gasteiger partial charge in [-0.3, -0.25) is 9.48 Å². The minimum Gasteiger partial charge on any atom is -0.423 e. The van der Waals surface area contributed by atoms with E-state index in [0.29, 0.717) is 22.8 Å². The number of carbonyl (C=O) groups is 1. The number of halogens is 1. The van der Waals surface area contributed by atoms with Crippen molar-refractivity contribution in [2.75, 3.05) is 25.0 Å². The van der Waals surface area contributed by atoms with Gasteiger partial charge >= 0.3 is 0 Å². The van der Waals surface area contributed by atoms with E-state index in [1.54, 1.807) is 35.0 Å². The summed E-state index contributed by atoms with van der Waals surface area (Å²) in [6, 6.07) is 6.71. The fourth-order valence-corrected chi connectivity index (χ4v) is 3.34. The van der Waals surface area contributed by atoms with Gasteiger partial charge in [0.25, 0.3) is 11.9 Å². The molecule has 1 amide bonds. The average Bonchev–Trinajstić information content (AvgIpc) is 3.26. The molecule has 1 aliphatic heterocycles. The molecule has 26 heavy (non-hydrogen) atoms. The van der Waals surface area contributed by atoms with Crippen LogP contribution in [0.4, 0.5) is 10.4 Å². The maximum absolute atomic E-state index is 13.3. The fraction of sp³-hybridized carbons (Fsp3) is 0.389. The number of hydrogen-bond donors (Lipinski definition) is 0. The van der Waals surface area contributed by atoms with Crippen LogP contribution >= 0.6 is 0 Å². The number of benzene rings is 1. The predicted octanol–water partition coefficient (Wildman–Crippen LogP) is 2.44. The summed E-state index contributed by atoms with van der Waals surface area (Å²) in [5.74, 6) is -0.407. The number of carbonyl (C=O) groups excluding carboxylic acids is 1. The summed E-state index contributed by atoms with van der Waals surface area (Å²) in [4.78, 5) is 20.8. The van der Waals surface area contributed by atoms with Gasteiger partial charge in [-0.25, -0.2) is 4.39 Å². The molecule has 0 bridgehead atoms. The maximum Gasteiger partial charge on any atom is 0.298 e. The Labute approximate surface area is 150 Å². The van der Waals surface area contributed by atoms with E-state index in [9.17, 15) is 9.18 Å². The van der Waals surface area contributed by atoms with Crippen LogP contribution in [0.15, 0.2) is 34.9 Å². The van der Waals surface area contributed by atoms with E-state index in [-0.39, 0.29) is 17.8 Å². The third-order valence-electron chi connectivity index (χ3n) is 4.87. The Morgan fingerprint density at radius 2 is 2.08 bits per heavy atom. The van der Waals surface area contributed by atoms with Crippen molar-refractivity contribution in [2.45, 2.75) is 18.9 Å². The number of rotatable bonds is 3. The van der Waals surface area contributed by atoms with Crippen LogP contribution in [0.2, 0.25) is 0 Å². The van der Waals surface area contributed by atoms with E-state index in [4.69, 9.17) is 4.42 Å². The van der Waals surface area contributed by atoms with Crippen molar-refractivity contribution >= 4 is 23.0 Å². The van der Waals surface area contributed by atoms with Crippen LogP contribution in [0.3, 0.4) is 0 Å². The van der Waals surface area contributed by atoms with Gasteiger partial charge in [0.15, 0.2) is 5.58 Å². The summed E-state index contributed by atoms with van der Waals surface area (Å²) in [5, 5.41) is 4.18. The Morgan fingerprint density at radius 1 is 1.31 bits per heavy atom. The van der Waals surface area contributed by atoms with Crippen molar-refractivity contribution in [3.63, 3.8) is 0 Å². The van der Waals surface area contributed by atoms with Gasteiger partial charge in [-0.15, -0.1) is 0 Å². The smallest absolute Gasteiger partial charge is 0.298 e. The fourth-order valence-electron chi connectivity index (χ4n) is 3.34. The van der Waals surface area contributed by atoms with Crippen LogP contribution in [-0.2, 0) is 7.05 Å². The van der Waals surface area contributed by atoms with Crippen LogP contribution in [0, 0.1) is 5.82 Å². The zero-order valence-electron chi connectivity index (χ0n) is 14.7. The lowest BCUT2D eigenvalue weighted by atomic mass is 10.0. The van der Waals surface area contributed by atoms with Gasteiger partial charge in [-0.2, -0.15) is 10.1 Å². The summed E-state index contributed by atoms with van der Waals surface area (Å²) in [7, 11) is 3.61. The lowest BCUT2D eigenvalue weighted by molar-refractivity contribution is 0.0701. The quantitative estimate of drug-likeness (QED) is 0.720. The molecule has 7 nitrogen and oxygen atoms in total. The third kappa shape index (κ3) is 3.02. The Kier molecular flexibility index (Phi) is 4.10. The van der Waals surface area contributed by atoms with Crippen LogP contribution in [0.5, 0.6) is 0 Å². The predicted molar refractivity (Wildman–Crippen MR) is 94.5 cm³/mol. The molecule has 0 aliphatic carbocycles. The van der Waals surface area contributed by atoms with E-state index in [0.717, 1.165) is 25.9 Å². The molecule has 1 aromatic carbocycles. The first-order valence-electron chi connectivity index (χ1n) is 8.59. The zero-order valence-corrected chi connectivity index (χ0v) is 14.7. The molecule has 4 rings (SSSR count). The zero-order chi connectivity index (χ0) is 18.3. The number of aryl methyl sites for hydroxylation is 1. The van der Waals surface area contributed by atoms with Gasteiger partial charge in [0, 0.05) is 45.5 Å². The van der Waals surface area contributed by atoms with Crippen molar-refractivity contribution in [1.29, 1.82) is 0 Å². The van der Waals surface area contributed by atoms with Gasteiger partial charge < -0.3 is 14.2 Å².